The number of hydrogen-bond donors (Lipinski definition) is 2. The average molecular weight is 224 g/mol. The summed E-state index contributed by atoms with van der Waals surface area (Å²) in [6.07, 6.45) is -7.71. The fourth-order valence-electron chi connectivity index (χ4n) is 0.411. The molecule has 0 bridgehead atoms. The Morgan fingerprint density at radius 3 is 2.31 bits per heavy atom. The highest BCUT2D eigenvalue weighted by molar-refractivity contribution is 7.74. The first kappa shape index (κ1) is 12.8. The van der Waals surface area contributed by atoms with Crippen LogP contribution in [0, 0.1) is 0 Å². The van der Waals surface area contributed by atoms with Gasteiger partial charge in [-0.25, -0.2) is 4.18 Å². The van der Waals surface area contributed by atoms with Crippen molar-refractivity contribution in [3.63, 3.8) is 0 Å². The zero-order valence-electron chi connectivity index (χ0n) is 6.15. The second-order valence-corrected chi connectivity index (χ2v) is 2.41. The molecular formula is C4H7F3O5S. The summed E-state index contributed by atoms with van der Waals surface area (Å²) in [5.74, 6) is 0. The van der Waals surface area contributed by atoms with Gasteiger partial charge in [-0.15, -0.1) is 0 Å². The molecule has 80 valence electrons. The first-order valence-corrected chi connectivity index (χ1v) is 3.98. The predicted molar refractivity (Wildman–Crippen MR) is 34.7 cm³/mol. The van der Waals surface area contributed by atoms with Gasteiger partial charge in [-0.2, -0.15) is 17.4 Å². The van der Waals surface area contributed by atoms with Gasteiger partial charge in [0, 0.05) is 0 Å². The third-order valence-electron chi connectivity index (χ3n) is 0.797. The van der Waals surface area contributed by atoms with Crippen LogP contribution in [0.25, 0.3) is 0 Å². The van der Waals surface area contributed by atoms with Gasteiger partial charge < -0.3 is 9.84 Å². The number of rotatable bonds is 5. The van der Waals surface area contributed by atoms with E-state index < -0.39 is 37.0 Å². The minimum absolute atomic E-state index is 0.638. The number of aliphatic hydroxyl groups is 1. The van der Waals surface area contributed by atoms with E-state index in [-0.39, 0.29) is 0 Å². The second-order valence-electron chi connectivity index (χ2n) is 1.78. The summed E-state index contributed by atoms with van der Waals surface area (Å²) < 4.78 is 60.7. The molecule has 0 heterocycles. The molecule has 2 unspecified atom stereocenters. The minimum Gasteiger partial charge on any atom is -0.394 e. The second kappa shape index (κ2) is 5.50. The standard InChI is InChI=1S/C4H7F3O5S/c5-4(6,7)3(11-2-1-8)12-13(9)10/h3,8H,1-2H2,(H,9,10). The topological polar surface area (TPSA) is 76.0 Å². The lowest BCUT2D eigenvalue weighted by Crippen LogP contribution is -2.35. The summed E-state index contributed by atoms with van der Waals surface area (Å²) in [4.78, 5) is 0. The van der Waals surface area contributed by atoms with E-state index in [9.17, 15) is 17.4 Å². The maximum Gasteiger partial charge on any atom is 0.441 e. The van der Waals surface area contributed by atoms with Crippen LogP contribution in [0.15, 0.2) is 0 Å². The van der Waals surface area contributed by atoms with Crippen LogP contribution in [-0.4, -0.2) is 39.5 Å². The van der Waals surface area contributed by atoms with Gasteiger partial charge in [0.25, 0.3) is 6.29 Å². The zero-order chi connectivity index (χ0) is 10.5. The van der Waals surface area contributed by atoms with Crippen molar-refractivity contribution in [3.05, 3.63) is 0 Å². The van der Waals surface area contributed by atoms with Crippen LogP contribution in [0.3, 0.4) is 0 Å². The van der Waals surface area contributed by atoms with E-state index in [2.05, 4.69) is 8.92 Å². The normalized spacial score (nSPS) is 17.0. The number of aliphatic hydroxyl groups excluding tert-OH is 1. The molecule has 0 radical (unpaired) electrons. The van der Waals surface area contributed by atoms with Gasteiger partial charge in [0.2, 0.25) is 0 Å². The molecule has 9 heteroatoms. The van der Waals surface area contributed by atoms with Gasteiger partial charge in [0.05, 0.1) is 13.2 Å². The molecule has 0 aliphatic heterocycles. The van der Waals surface area contributed by atoms with Crippen LogP contribution in [0.5, 0.6) is 0 Å². The van der Waals surface area contributed by atoms with E-state index in [0.29, 0.717) is 0 Å². The Hall–Kier alpha value is -0.220. The Morgan fingerprint density at radius 2 is 2.00 bits per heavy atom. The van der Waals surface area contributed by atoms with Crippen molar-refractivity contribution in [2.24, 2.45) is 0 Å². The molecule has 13 heavy (non-hydrogen) atoms. The quantitative estimate of drug-likeness (QED) is 0.509. The van der Waals surface area contributed by atoms with E-state index >= 15 is 0 Å². The molecule has 5 nitrogen and oxygen atoms in total. The van der Waals surface area contributed by atoms with Gasteiger partial charge in [-0.1, -0.05) is 0 Å². The largest absolute Gasteiger partial charge is 0.441 e. The molecule has 0 fully saturated rings. The van der Waals surface area contributed by atoms with Crippen molar-refractivity contribution in [1.82, 2.24) is 0 Å². The summed E-state index contributed by atoms with van der Waals surface area (Å²) in [7, 11) is 0. The molecule has 0 aromatic heterocycles. The highest BCUT2D eigenvalue weighted by atomic mass is 32.2. The van der Waals surface area contributed by atoms with Crippen molar-refractivity contribution in [3.8, 4) is 0 Å². The number of ether oxygens (including phenoxy) is 1. The molecule has 0 spiro atoms. The van der Waals surface area contributed by atoms with E-state index in [4.69, 9.17) is 9.66 Å². The lowest BCUT2D eigenvalue weighted by Gasteiger charge is -2.17. The van der Waals surface area contributed by atoms with Crippen LogP contribution in [0.1, 0.15) is 0 Å². The Balaban J connectivity index is 4.11. The molecule has 0 aromatic rings. The lowest BCUT2D eigenvalue weighted by molar-refractivity contribution is -0.282. The average Bonchev–Trinajstić information content (AvgIpc) is 1.95. The number of alkyl halides is 3. The smallest absolute Gasteiger partial charge is 0.394 e. The molecular weight excluding hydrogens is 217 g/mol. The fraction of sp³-hybridized carbons (Fsp3) is 1.00. The molecule has 2 atom stereocenters. The molecule has 0 aliphatic rings. The summed E-state index contributed by atoms with van der Waals surface area (Å²) in [5.41, 5.74) is 0. The Labute approximate surface area is 73.9 Å². The Morgan fingerprint density at radius 1 is 1.46 bits per heavy atom. The van der Waals surface area contributed by atoms with E-state index in [1.807, 2.05) is 0 Å². The van der Waals surface area contributed by atoms with Gasteiger partial charge in [0.1, 0.15) is 0 Å². The van der Waals surface area contributed by atoms with Crippen molar-refractivity contribution in [1.29, 1.82) is 0 Å². The monoisotopic (exact) mass is 224 g/mol. The van der Waals surface area contributed by atoms with Crippen LogP contribution in [0.2, 0.25) is 0 Å². The molecule has 2 N–H and O–H groups in total. The van der Waals surface area contributed by atoms with Gasteiger partial charge in [-0.05, 0) is 0 Å². The van der Waals surface area contributed by atoms with E-state index in [1.54, 1.807) is 0 Å². The molecule has 0 aliphatic carbocycles. The first-order valence-electron chi connectivity index (χ1n) is 2.95. The lowest BCUT2D eigenvalue weighted by atomic mass is 10.6. The van der Waals surface area contributed by atoms with Gasteiger partial charge in [0.15, 0.2) is 0 Å². The maximum absolute atomic E-state index is 11.8. The highest BCUT2D eigenvalue weighted by Crippen LogP contribution is 2.24. The summed E-state index contributed by atoms with van der Waals surface area (Å²) in [6, 6.07) is 0. The SMILES string of the molecule is O=S(O)OC(OCCO)C(F)(F)F. The highest BCUT2D eigenvalue weighted by Gasteiger charge is 2.43. The summed E-state index contributed by atoms with van der Waals surface area (Å²) >= 11 is -3.07. The molecule has 0 aromatic carbocycles. The Bertz CT molecular complexity index is 172. The van der Waals surface area contributed by atoms with E-state index in [1.165, 1.54) is 0 Å². The molecule has 0 amide bonds. The molecule has 0 saturated heterocycles. The van der Waals surface area contributed by atoms with Gasteiger partial charge >= 0.3 is 17.5 Å². The summed E-state index contributed by atoms with van der Waals surface area (Å²) in [6.45, 7) is -1.28. The van der Waals surface area contributed by atoms with Crippen molar-refractivity contribution in [2.45, 2.75) is 12.5 Å². The van der Waals surface area contributed by atoms with Crippen LogP contribution in [-0.2, 0) is 20.3 Å². The van der Waals surface area contributed by atoms with Crippen molar-refractivity contribution < 1.29 is 36.0 Å². The maximum atomic E-state index is 11.8. The third kappa shape index (κ3) is 5.93. The fourth-order valence-corrected chi connectivity index (χ4v) is 0.726. The number of hydrogen-bond acceptors (Lipinski definition) is 4. The summed E-state index contributed by atoms with van der Waals surface area (Å²) in [5, 5.41) is 8.13. The van der Waals surface area contributed by atoms with Crippen LogP contribution >= 0.6 is 0 Å². The van der Waals surface area contributed by atoms with Crippen LogP contribution < -0.4 is 0 Å². The molecule has 0 saturated carbocycles. The van der Waals surface area contributed by atoms with Crippen molar-refractivity contribution in [2.75, 3.05) is 13.2 Å². The predicted octanol–water partition coefficient (Wildman–Crippen LogP) is 0.0370. The minimum atomic E-state index is -4.91. The van der Waals surface area contributed by atoms with E-state index in [0.717, 1.165) is 0 Å². The third-order valence-corrected chi connectivity index (χ3v) is 1.14. The number of halogens is 3. The van der Waals surface area contributed by atoms with Gasteiger partial charge in [-0.3, -0.25) is 4.55 Å². The van der Waals surface area contributed by atoms with Crippen molar-refractivity contribution >= 4 is 11.4 Å². The first-order chi connectivity index (χ1) is 5.88. The van der Waals surface area contributed by atoms with Crippen LogP contribution in [0.4, 0.5) is 13.2 Å². The Kier molecular flexibility index (Phi) is 5.40. The molecule has 0 rings (SSSR count). The zero-order valence-corrected chi connectivity index (χ0v) is 6.97.